The van der Waals surface area contributed by atoms with Crippen LogP contribution in [0, 0.1) is 0 Å². The molecule has 1 aromatic carbocycles. The lowest BCUT2D eigenvalue weighted by Gasteiger charge is -2.20. The van der Waals surface area contributed by atoms with E-state index in [0.29, 0.717) is 12.3 Å². The number of pyridine rings is 1. The van der Waals surface area contributed by atoms with Crippen molar-refractivity contribution in [3.63, 3.8) is 0 Å². The van der Waals surface area contributed by atoms with Gasteiger partial charge in [-0.1, -0.05) is 50.3 Å². The van der Waals surface area contributed by atoms with E-state index in [0.717, 1.165) is 48.1 Å². The van der Waals surface area contributed by atoms with E-state index in [9.17, 15) is 9.59 Å². The molecule has 1 N–H and O–H groups in total. The number of aromatic nitrogens is 1. The summed E-state index contributed by atoms with van der Waals surface area (Å²) in [5.74, 6) is -0.219. The SMILES string of the molecule is CCOc1ccc(-c2cc3ccccn3c2C(=O)C(=O)NC2CCCCCCC2)cc1. The first kappa shape index (κ1) is 21.2. The highest BCUT2D eigenvalue weighted by Gasteiger charge is 2.26. The maximum absolute atomic E-state index is 13.4. The molecule has 0 spiro atoms. The number of hydrogen-bond donors (Lipinski definition) is 1. The Morgan fingerprint density at radius 2 is 1.71 bits per heavy atom. The van der Waals surface area contributed by atoms with Crippen molar-refractivity contribution in [1.82, 2.24) is 9.72 Å². The average Bonchev–Trinajstić information content (AvgIpc) is 3.15. The number of rotatable bonds is 6. The van der Waals surface area contributed by atoms with Crippen molar-refractivity contribution < 1.29 is 14.3 Å². The van der Waals surface area contributed by atoms with Crippen molar-refractivity contribution in [2.75, 3.05) is 6.61 Å². The minimum Gasteiger partial charge on any atom is -0.494 e. The van der Waals surface area contributed by atoms with E-state index in [1.807, 2.05) is 66.1 Å². The molecule has 0 unspecified atom stereocenters. The van der Waals surface area contributed by atoms with E-state index in [-0.39, 0.29) is 6.04 Å². The minimum absolute atomic E-state index is 0.0805. The van der Waals surface area contributed by atoms with Crippen LogP contribution in [-0.2, 0) is 4.79 Å². The minimum atomic E-state index is -0.512. The molecule has 2 aromatic heterocycles. The molecule has 0 atom stereocenters. The number of carbonyl (C=O) groups excluding carboxylic acids is 2. The van der Waals surface area contributed by atoms with Crippen molar-refractivity contribution >= 4 is 17.2 Å². The lowest BCUT2D eigenvalue weighted by Crippen LogP contribution is -2.40. The third kappa shape index (κ3) is 4.82. The van der Waals surface area contributed by atoms with E-state index >= 15 is 0 Å². The van der Waals surface area contributed by atoms with Gasteiger partial charge in [-0.3, -0.25) is 9.59 Å². The van der Waals surface area contributed by atoms with Gasteiger partial charge in [0.2, 0.25) is 0 Å². The Morgan fingerprint density at radius 3 is 2.42 bits per heavy atom. The van der Waals surface area contributed by atoms with Gasteiger partial charge in [0.25, 0.3) is 11.7 Å². The molecule has 0 saturated heterocycles. The zero-order valence-corrected chi connectivity index (χ0v) is 18.1. The average molecular weight is 419 g/mol. The largest absolute Gasteiger partial charge is 0.494 e. The van der Waals surface area contributed by atoms with Crippen LogP contribution in [0.3, 0.4) is 0 Å². The molecule has 5 nitrogen and oxygen atoms in total. The third-order valence-electron chi connectivity index (χ3n) is 6.02. The number of ketones is 1. The lowest BCUT2D eigenvalue weighted by atomic mass is 9.96. The fourth-order valence-electron chi connectivity index (χ4n) is 4.43. The van der Waals surface area contributed by atoms with E-state index in [1.165, 1.54) is 19.3 Å². The molecule has 5 heteroatoms. The molecule has 1 amide bonds. The van der Waals surface area contributed by atoms with Crippen LogP contribution in [0.15, 0.2) is 54.7 Å². The summed E-state index contributed by atoms with van der Waals surface area (Å²) < 4.78 is 7.35. The second-order valence-corrected chi connectivity index (χ2v) is 8.20. The summed E-state index contributed by atoms with van der Waals surface area (Å²) in [6.07, 6.45) is 9.59. The number of carbonyl (C=O) groups is 2. The number of fused-ring (bicyclic) bond motifs is 1. The number of nitrogens with one attached hydrogen (secondary N) is 1. The van der Waals surface area contributed by atoms with Crippen LogP contribution in [0.5, 0.6) is 5.75 Å². The molecule has 1 aliphatic carbocycles. The first-order chi connectivity index (χ1) is 15.2. The molecule has 31 heavy (non-hydrogen) atoms. The van der Waals surface area contributed by atoms with Gasteiger partial charge >= 0.3 is 0 Å². The maximum atomic E-state index is 13.4. The lowest BCUT2D eigenvalue weighted by molar-refractivity contribution is -0.117. The van der Waals surface area contributed by atoms with Crippen LogP contribution >= 0.6 is 0 Å². The van der Waals surface area contributed by atoms with Crippen LogP contribution in [-0.4, -0.2) is 28.7 Å². The standard InChI is InChI=1S/C26H30N2O3/c1-2-31-22-15-13-19(14-16-22)23-18-21-12-8-9-17-28(21)24(23)25(29)26(30)27-20-10-6-4-3-5-7-11-20/h8-9,12-18,20H,2-7,10-11H2,1H3,(H,27,30). The van der Waals surface area contributed by atoms with Gasteiger partial charge in [0.15, 0.2) is 0 Å². The molecule has 1 aliphatic rings. The Balaban J connectivity index is 1.64. The van der Waals surface area contributed by atoms with Crippen molar-refractivity contribution in [2.45, 2.75) is 57.9 Å². The molecule has 2 heterocycles. The summed E-state index contributed by atoms with van der Waals surface area (Å²) in [5.41, 5.74) is 2.93. The van der Waals surface area contributed by atoms with Crippen molar-refractivity contribution in [2.24, 2.45) is 0 Å². The maximum Gasteiger partial charge on any atom is 0.294 e. The zero-order chi connectivity index (χ0) is 21.6. The Kier molecular flexibility index (Phi) is 6.70. The monoisotopic (exact) mass is 418 g/mol. The highest BCUT2D eigenvalue weighted by atomic mass is 16.5. The molecule has 1 saturated carbocycles. The van der Waals surface area contributed by atoms with Gasteiger partial charge < -0.3 is 14.5 Å². The van der Waals surface area contributed by atoms with Crippen LogP contribution in [0.4, 0.5) is 0 Å². The third-order valence-corrected chi connectivity index (χ3v) is 6.02. The number of nitrogens with zero attached hydrogens (tertiary/aromatic N) is 1. The fourth-order valence-corrected chi connectivity index (χ4v) is 4.43. The van der Waals surface area contributed by atoms with Gasteiger partial charge in [-0.2, -0.15) is 0 Å². The normalized spacial score (nSPS) is 15.3. The molecule has 0 aliphatic heterocycles. The quantitative estimate of drug-likeness (QED) is 0.430. The Morgan fingerprint density at radius 1 is 1.00 bits per heavy atom. The summed E-state index contributed by atoms with van der Waals surface area (Å²) in [6.45, 7) is 2.54. The summed E-state index contributed by atoms with van der Waals surface area (Å²) in [5, 5.41) is 3.02. The topological polar surface area (TPSA) is 59.8 Å². The van der Waals surface area contributed by atoms with E-state index in [1.54, 1.807) is 0 Å². The number of Topliss-reactive ketones (excluding diaryl/α,β-unsaturated/α-hetero) is 1. The van der Waals surface area contributed by atoms with Crippen LogP contribution in [0.25, 0.3) is 16.6 Å². The molecule has 162 valence electrons. The molecule has 4 rings (SSSR count). The number of benzene rings is 1. The Hall–Kier alpha value is -3.08. The molecule has 0 radical (unpaired) electrons. The Bertz CT molecular complexity index is 1040. The van der Waals surface area contributed by atoms with Gasteiger partial charge in [-0.15, -0.1) is 0 Å². The van der Waals surface area contributed by atoms with Gasteiger partial charge in [0.1, 0.15) is 11.4 Å². The summed E-state index contributed by atoms with van der Waals surface area (Å²) in [7, 11) is 0. The second kappa shape index (κ2) is 9.82. The zero-order valence-electron chi connectivity index (χ0n) is 18.1. The number of hydrogen-bond acceptors (Lipinski definition) is 3. The highest BCUT2D eigenvalue weighted by molar-refractivity contribution is 6.43. The van der Waals surface area contributed by atoms with Gasteiger partial charge in [0, 0.05) is 23.3 Å². The van der Waals surface area contributed by atoms with Crippen LogP contribution in [0.2, 0.25) is 0 Å². The van der Waals surface area contributed by atoms with E-state index in [2.05, 4.69) is 5.32 Å². The van der Waals surface area contributed by atoms with Crippen molar-refractivity contribution in [3.8, 4) is 16.9 Å². The molecule has 3 aromatic rings. The molecule has 1 fully saturated rings. The summed E-state index contributed by atoms with van der Waals surface area (Å²) in [4.78, 5) is 26.3. The van der Waals surface area contributed by atoms with E-state index < -0.39 is 11.7 Å². The van der Waals surface area contributed by atoms with E-state index in [4.69, 9.17) is 4.74 Å². The number of amides is 1. The van der Waals surface area contributed by atoms with Crippen LogP contribution < -0.4 is 10.1 Å². The van der Waals surface area contributed by atoms with Gasteiger partial charge in [-0.05, 0) is 55.7 Å². The van der Waals surface area contributed by atoms with Crippen molar-refractivity contribution in [3.05, 3.63) is 60.4 Å². The molecular formula is C26H30N2O3. The number of ether oxygens (including phenoxy) is 1. The molecular weight excluding hydrogens is 388 g/mol. The summed E-state index contributed by atoms with van der Waals surface area (Å²) in [6, 6.07) is 15.4. The van der Waals surface area contributed by atoms with Gasteiger partial charge in [0.05, 0.1) is 6.61 Å². The summed E-state index contributed by atoms with van der Waals surface area (Å²) >= 11 is 0. The predicted molar refractivity (Wildman–Crippen MR) is 123 cm³/mol. The van der Waals surface area contributed by atoms with Gasteiger partial charge in [-0.25, -0.2) is 0 Å². The smallest absolute Gasteiger partial charge is 0.294 e. The first-order valence-electron chi connectivity index (χ1n) is 11.4. The molecule has 0 bridgehead atoms. The second-order valence-electron chi connectivity index (χ2n) is 8.20. The Labute approximate surface area is 183 Å². The predicted octanol–water partition coefficient (Wildman–Crippen LogP) is 5.42. The highest BCUT2D eigenvalue weighted by Crippen LogP contribution is 2.30. The fraction of sp³-hybridized carbons (Fsp3) is 0.385. The first-order valence-corrected chi connectivity index (χ1v) is 11.4. The van der Waals surface area contributed by atoms with Crippen molar-refractivity contribution in [1.29, 1.82) is 0 Å². The van der Waals surface area contributed by atoms with Crippen LogP contribution in [0.1, 0.15) is 62.4 Å².